The number of hydrogen-bond donors (Lipinski definition) is 3. The predicted molar refractivity (Wildman–Crippen MR) is 67.1 cm³/mol. The Morgan fingerprint density at radius 3 is 2.30 bits per heavy atom. The Labute approximate surface area is 112 Å². The zero-order chi connectivity index (χ0) is 15.3. The van der Waals surface area contributed by atoms with E-state index in [2.05, 4.69) is 17.1 Å². The van der Waals surface area contributed by atoms with E-state index in [9.17, 15) is 18.4 Å². The van der Waals surface area contributed by atoms with E-state index in [1.165, 1.54) is 7.05 Å². The first-order chi connectivity index (χ1) is 9.38. The van der Waals surface area contributed by atoms with E-state index in [4.69, 9.17) is 5.11 Å². The van der Waals surface area contributed by atoms with Crippen molar-refractivity contribution in [2.75, 3.05) is 7.05 Å². The zero-order valence-electron chi connectivity index (χ0n) is 10.4. The van der Waals surface area contributed by atoms with Crippen molar-refractivity contribution in [3.8, 4) is 0 Å². The van der Waals surface area contributed by atoms with Crippen LogP contribution in [0, 0.1) is 11.6 Å². The van der Waals surface area contributed by atoms with Crippen LogP contribution in [0.5, 0.6) is 0 Å². The van der Waals surface area contributed by atoms with Gasteiger partial charge in [-0.2, -0.15) is 5.10 Å². The summed E-state index contributed by atoms with van der Waals surface area (Å²) in [5, 5.41) is 14.2. The van der Waals surface area contributed by atoms with Crippen molar-refractivity contribution >= 4 is 17.6 Å². The molecule has 0 aliphatic heterocycles. The SMILES string of the molecule is C=C(NC(=O)c1c(F)cccc1F)/C(=N\NC)C(=O)O. The molecular formula is C12H11F2N3O3. The number of hydrazone groups is 1. The van der Waals surface area contributed by atoms with Crippen LogP contribution in [0.3, 0.4) is 0 Å². The second-order valence-corrected chi connectivity index (χ2v) is 3.52. The molecule has 0 heterocycles. The van der Waals surface area contributed by atoms with Crippen LogP contribution >= 0.6 is 0 Å². The molecule has 6 nitrogen and oxygen atoms in total. The van der Waals surface area contributed by atoms with Crippen LogP contribution in [0.15, 0.2) is 35.6 Å². The standard InChI is InChI=1S/C12H11F2N3O3/c1-6(10(12(19)20)17-15-2)16-11(18)9-7(13)4-3-5-8(9)14/h3-5,15H,1H2,2H3,(H,16,18)(H,19,20)/b17-10+. The molecule has 0 bridgehead atoms. The van der Waals surface area contributed by atoms with E-state index in [0.717, 1.165) is 18.2 Å². The van der Waals surface area contributed by atoms with Gasteiger partial charge in [-0.15, -0.1) is 0 Å². The van der Waals surface area contributed by atoms with Gasteiger partial charge in [0.2, 0.25) is 0 Å². The highest BCUT2D eigenvalue weighted by molar-refractivity contribution is 6.42. The summed E-state index contributed by atoms with van der Waals surface area (Å²) in [6.07, 6.45) is 0. The summed E-state index contributed by atoms with van der Waals surface area (Å²) in [7, 11) is 1.34. The highest BCUT2D eigenvalue weighted by Gasteiger charge is 2.21. The van der Waals surface area contributed by atoms with Gasteiger partial charge in [0.1, 0.15) is 17.2 Å². The van der Waals surface area contributed by atoms with E-state index in [1.807, 2.05) is 5.32 Å². The molecule has 0 radical (unpaired) electrons. The number of rotatable bonds is 5. The minimum Gasteiger partial charge on any atom is -0.476 e. The average Bonchev–Trinajstić information content (AvgIpc) is 2.34. The van der Waals surface area contributed by atoms with Gasteiger partial charge in [0, 0.05) is 7.05 Å². The molecule has 20 heavy (non-hydrogen) atoms. The van der Waals surface area contributed by atoms with Crippen molar-refractivity contribution in [1.82, 2.24) is 10.7 Å². The van der Waals surface area contributed by atoms with Crippen LogP contribution in [-0.4, -0.2) is 29.7 Å². The predicted octanol–water partition coefficient (Wildman–Crippen LogP) is 0.868. The smallest absolute Gasteiger partial charge is 0.358 e. The molecule has 8 heteroatoms. The Morgan fingerprint density at radius 1 is 1.30 bits per heavy atom. The fraction of sp³-hybridized carbons (Fsp3) is 0.0833. The van der Waals surface area contributed by atoms with Crippen LogP contribution in [0.25, 0.3) is 0 Å². The molecular weight excluding hydrogens is 272 g/mol. The molecule has 3 N–H and O–H groups in total. The summed E-state index contributed by atoms with van der Waals surface area (Å²) in [5.74, 6) is -4.76. The number of carboxylic acids is 1. The van der Waals surface area contributed by atoms with Gasteiger partial charge in [-0.1, -0.05) is 12.6 Å². The fourth-order valence-corrected chi connectivity index (χ4v) is 1.33. The molecule has 0 aromatic heterocycles. The Kier molecular flexibility index (Phi) is 4.90. The second-order valence-electron chi connectivity index (χ2n) is 3.52. The normalized spacial score (nSPS) is 10.8. The second kappa shape index (κ2) is 6.41. The van der Waals surface area contributed by atoms with Gasteiger partial charge in [-0.3, -0.25) is 4.79 Å². The van der Waals surface area contributed by atoms with Gasteiger partial charge in [0.05, 0.1) is 5.70 Å². The lowest BCUT2D eigenvalue weighted by Crippen LogP contribution is -2.32. The number of benzene rings is 1. The zero-order valence-corrected chi connectivity index (χ0v) is 10.4. The van der Waals surface area contributed by atoms with E-state index in [0.29, 0.717) is 0 Å². The first-order valence-electron chi connectivity index (χ1n) is 5.30. The van der Waals surface area contributed by atoms with Gasteiger partial charge in [0.25, 0.3) is 5.91 Å². The molecule has 1 aromatic rings. The molecule has 0 aliphatic carbocycles. The molecule has 106 valence electrons. The van der Waals surface area contributed by atoms with Crippen molar-refractivity contribution in [3.63, 3.8) is 0 Å². The summed E-state index contributed by atoms with van der Waals surface area (Å²) < 4.78 is 26.7. The number of amides is 1. The number of nitrogens with one attached hydrogen (secondary N) is 2. The topological polar surface area (TPSA) is 90.8 Å². The first-order valence-corrected chi connectivity index (χ1v) is 5.30. The maximum atomic E-state index is 13.4. The molecule has 0 aliphatic rings. The Balaban J connectivity index is 2.99. The number of hydrogen-bond acceptors (Lipinski definition) is 4. The van der Waals surface area contributed by atoms with E-state index < -0.39 is 40.5 Å². The molecule has 0 saturated carbocycles. The summed E-state index contributed by atoms with van der Waals surface area (Å²) >= 11 is 0. The van der Waals surface area contributed by atoms with Crippen molar-refractivity contribution < 1.29 is 23.5 Å². The van der Waals surface area contributed by atoms with Gasteiger partial charge in [0.15, 0.2) is 5.71 Å². The van der Waals surface area contributed by atoms with Gasteiger partial charge in [-0.25, -0.2) is 13.6 Å². The lowest BCUT2D eigenvalue weighted by Gasteiger charge is -2.09. The number of carbonyl (C=O) groups is 2. The van der Waals surface area contributed by atoms with Crippen LogP contribution in [-0.2, 0) is 4.79 Å². The monoisotopic (exact) mass is 283 g/mol. The summed E-state index contributed by atoms with van der Waals surface area (Å²) in [4.78, 5) is 22.6. The lowest BCUT2D eigenvalue weighted by atomic mass is 10.1. The molecule has 0 unspecified atom stereocenters. The van der Waals surface area contributed by atoms with Crippen molar-refractivity contribution in [3.05, 3.63) is 47.7 Å². The third-order valence-corrected chi connectivity index (χ3v) is 2.17. The molecule has 0 fully saturated rings. The van der Waals surface area contributed by atoms with Gasteiger partial charge < -0.3 is 15.8 Å². The Bertz CT molecular complexity index is 579. The number of carbonyl (C=O) groups excluding carboxylic acids is 1. The van der Waals surface area contributed by atoms with Gasteiger partial charge in [-0.05, 0) is 12.1 Å². The van der Waals surface area contributed by atoms with Crippen LogP contribution in [0.1, 0.15) is 10.4 Å². The summed E-state index contributed by atoms with van der Waals surface area (Å²) in [6.45, 7) is 3.29. The Morgan fingerprint density at radius 2 is 1.85 bits per heavy atom. The number of nitrogens with zero attached hydrogens (tertiary/aromatic N) is 1. The lowest BCUT2D eigenvalue weighted by molar-refractivity contribution is -0.129. The van der Waals surface area contributed by atoms with Crippen LogP contribution < -0.4 is 10.7 Å². The largest absolute Gasteiger partial charge is 0.476 e. The minimum atomic E-state index is -1.46. The highest BCUT2D eigenvalue weighted by atomic mass is 19.1. The molecule has 0 spiro atoms. The van der Waals surface area contributed by atoms with E-state index in [1.54, 1.807) is 0 Å². The highest BCUT2D eigenvalue weighted by Crippen LogP contribution is 2.12. The first kappa shape index (κ1) is 15.3. The maximum absolute atomic E-state index is 13.4. The Hall–Kier alpha value is -2.77. The number of carboxylic acid groups (broad SMARTS) is 1. The molecule has 0 atom stereocenters. The number of aliphatic carboxylic acids is 1. The molecule has 1 amide bonds. The quantitative estimate of drug-likeness (QED) is 0.552. The van der Waals surface area contributed by atoms with Gasteiger partial charge >= 0.3 is 5.97 Å². The van der Waals surface area contributed by atoms with E-state index in [-0.39, 0.29) is 0 Å². The average molecular weight is 283 g/mol. The van der Waals surface area contributed by atoms with E-state index >= 15 is 0 Å². The van der Waals surface area contributed by atoms with Crippen molar-refractivity contribution in [1.29, 1.82) is 0 Å². The molecule has 1 rings (SSSR count). The number of halogens is 2. The molecule has 0 saturated heterocycles. The molecule has 1 aromatic carbocycles. The van der Waals surface area contributed by atoms with Crippen LogP contribution in [0.4, 0.5) is 8.78 Å². The van der Waals surface area contributed by atoms with Crippen molar-refractivity contribution in [2.45, 2.75) is 0 Å². The van der Waals surface area contributed by atoms with Crippen molar-refractivity contribution in [2.24, 2.45) is 5.10 Å². The third kappa shape index (κ3) is 3.37. The maximum Gasteiger partial charge on any atom is 0.358 e. The fourth-order valence-electron chi connectivity index (χ4n) is 1.33. The third-order valence-electron chi connectivity index (χ3n) is 2.17. The minimum absolute atomic E-state index is 0.403. The summed E-state index contributed by atoms with van der Waals surface area (Å²) in [6, 6.07) is 2.91. The van der Waals surface area contributed by atoms with Crippen LogP contribution in [0.2, 0.25) is 0 Å². The summed E-state index contributed by atoms with van der Waals surface area (Å²) in [5.41, 5.74) is 0.393.